The number of pyridine rings is 1. The SMILES string of the molecule is NCc1ccccc1CNC(=O)c1cc2nc(Cl)ccc2s1. The highest BCUT2D eigenvalue weighted by atomic mass is 35.5. The van der Waals surface area contributed by atoms with Crippen molar-refractivity contribution in [3.05, 3.63) is 63.6 Å². The van der Waals surface area contributed by atoms with Gasteiger partial charge in [0.25, 0.3) is 5.91 Å². The van der Waals surface area contributed by atoms with Gasteiger partial charge in [-0.15, -0.1) is 11.3 Å². The van der Waals surface area contributed by atoms with Crippen molar-refractivity contribution in [3.8, 4) is 0 Å². The molecule has 0 unspecified atom stereocenters. The summed E-state index contributed by atoms with van der Waals surface area (Å²) in [5.74, 6) is -0.119. The number of aromatic nitrogens is 1. The zero-order valence-corrected chi connectivity index (χ0v) is 13.2. The molecule has 0 aliphatic rings. The van der Waals surface area contributed by atoms with E-state index < -0.39 is 0 Å². The molecule has 0 spiro atoms. The van der Waals surface area contributed by atoms with E-state index in [1.54, 1.807) is 12.1 Å². The molecule has 3 aromatic rings. The Balaban J connectivity index is 1.76. The number of hydrogen-bond acceptors (Lipinski definition) is 4. The lowest BCUT2D eigenvalue weighted by atomic mass is 10.1. The predicted octanol–water partition coefficient (Wildman–Crippen LogP) is 3.34. The first-order chi connectivity index (χ1) is 10.7. The largest absolute Gasteiger partial charge is 0.347 e. The van der Waals surface area contributed by atoms with Gasteiger partial charge in [-0.05, 0) is 29.3 Å². The Morgan fingerprint density at radius 2 is 2.00 bits per heavy atom. The van der Waals surface area contributed by atoms with Crippen molar-refractivity contribution < 1.29 is 4.79 Å². The number of thiophene rings is 1. The topological polar surface area (TPSA) is 68.0 Å². The number of halogens is 1. The summed E-state index contributed by atoms with van der Waals surface area (Å²) in [5.41, 5.74) is 8.51. The lowest BCUT2D eigenvalue weighted by molar-refractivity contribution is 0.0955. The Morgan fingerprint density at radius 3 is 2.77 bits per heavy atom. The fourth-order valence-corrected chi connectivity index (χ4v) is 3.27. The van der Waals surface area contributed by atoms with Crippen LogP contribution in [0.2, 0.25) is 5.15 Å². The number of nitrogens with two attached hydrogens (primary N) is 1. The second kappa shape index (κ2) is 6.44. The lowest BCUT2D eigenvalue weighted by Gasteiger charge is -2.08. The van der Waals surface area contributed by atoms with Gasteiger partial charge in [0.2, 0.25) is 0 Å². The molecular formula is C16H14ClN3OS. The molecule has 0 saturated carbocycles. The molecule has 0 aliphatic carbocycles. The Morgan fingerprint density at radius 1 is 1.23 bits per heavy atom. The zero-order chi connectivity index (χ0) is 15.5. The quantitative estimate of drug-likeness (QED) is 0.720. The van der Waals surface area contributed by atoms with Crippen LogP contribution < -0.4 is 11.1 Å². The van der Waals surface area contributed by atoms with Crippen LogP contribution in [0, 0.1) is 0 Å². The van der Waals surface area contributed by atoms with E-state index in [9.17, 15) is 4.79 Å². The summed E-state index contributed by atoms with van der Waals surface area (Å²) in [4.78, 5) is 17.1. The number of benzene rings is 1. The molecule has 0 saturated heterocycles. The monoisotopic (exact) mass is 331 g/mol. The molecule has 1 aromatic carbocycles. The van der Waals surface area contributed by atoms with E-state index in [4.69, 9.17) is 17.3 Å². The molecule has 2 aromatic heterocycles. The van der Waals surface area contributed by atoms with Crippen molar-refractivity contribution in [1.29, 1.82) is 0 Å². The van der Waals surface area contributed by atoms with Crippen LogP contribution in [0.15, 0.2) is 42.5 Å². The van der Waals surface area contributed by atoms with Crippen LogP contribution in [0.1, 0.15) is 20.8 Å². The minimum absolute atomic E-state index is 0.119. The first kappa shape index (κ1) is 15.0. The molecule has 0 atom stereocenters. The van der Waals surface area contributed by atoms with Gasteiger partial charge in [0.1, 0.15) is 5.15 Å². The number of amides is 1. The molecule has 112 valence electrons. The van der Waals surface area contributed by atoms with Crippen LogP contribution in [-0.2, 0) is 13.1 Å². The van der Waals surface area contributed by atoms with Crippen molar-refractivity contribution in [2.75, 3.05) is 0 Å². The maximum absolute atomic E-state index is 12.3. The fraction of sp³-hybridized carbons (Fsp3) is 0.125. The number of nitrogens with zero attached hydrogens (tertiary/aromatic N) is 1. The maximum atomic E-state index is 12.3. The summed E-state index contributed by atoms with van der Waals surface area (Å²) in [5, 5.41) is 3.35. The predicted molar refractivity (Wildman–Crippen MR) is 90.1 cm³/mol. The summed E-state index contributed by atoms with van der Waals surface area (Å²) < 4.78 is 0.942. The third-order valence-electron chi connectivity index (χ3n) is 3.34. The summed E-state index contributed by atoms with van der Waals surface area (Å²) >= 11 is 7.26. The molecule has 22 heavy (non-hydrogen) atoms. The number of nitrogens with one attached hydrogen (secondary N) is 1. The summed E-state index contributed by atoms with van der Waals surface area (Å²) in [6.07, 6.45) is 0. The third kappa shape index (κ3) is 3.11. The molecule has 2 heterocycles. The zero-order valence-electron chi connectivity index (χ0n) is 11.7. The minimum Gasteiger partial charge on any atom is -0.347 e. The Hall–Kier alpha value is -1.95. The third-order valence-corrected chi connectivity index (χ3v) is 4.64. The van der Waals surface area contributed by atoms with E-state index >= 15 is 0 Å². The Labute approximate surface area is 136 Å². The van der Waals surface area contributed by atoms with E-state index in [1.165, 1.54) is 11.3 Å². The van der Waals surface area contributed by atoms with E-state index in [1.807, 2.05) is 30.3 Å². The van der Waals surface area contributed by atoms with Crippen molar-refractivity contribution >= 4 is 39.1 Å². The van der Waals surface area contributed by atoms with Crippen LogP contribution in [0.5, 0.6) is 0 Å². The van der Waals surface area contributed by atoms with E-state index in [0.29, 0.717) is 23.1 Å². The average molecular weight is 332 g/mol. The first-order valence-electron chi connectivity index (χ1n) is 6.78. The standard InChI is InChI=1S/C16H14ClN3OS/c17-15-6-5-13-12(20-15)7-14(22-13)16(21)19-9-11-4-2-1-3-10(11)8-18/h1-7H,8-9,18H2,(H,19,21). The number of carbonyl (C=O) groups is 1. The highest BCUT2D eigenvalue weighted by molar-refractivity contribution is 7.20. The van der Waals surface area contributed by atoms with Gasteiger partial charge in [-0.3, -0.25) is 4.79 Å². The average Bonchev–Trinajstić information content (AvgIpc) is 2.96. The van der Waals surface area contributed by atoms with Crippen LogP contribution >= 0.6 is 22.9 Å². The molecule has 4 nitrogen and oxygen atoms in total. The van der Waals surface area contributed by atoms with Gasteiger partial charge in [-0.2, -0.15) is 0 Å². The minimum atomic E-state index is -0.119. The van der Waals surface area contributed by atoms with Crippen LogP contribution in [-0.4, -0.2) is 10.9 Å². The Kier molecular flexibility index (Phi) is 4.38. The van der Waals surface area contributed by atoms with Crippen molar-refractivity contribution in [3.63, 3.8) is 0 Å². The van der Waals surface area contributed by atoms with Crippen LogP contribution in [0.3, 0.4) is 0 Å². The van der Waals surface area contributed by atoms with Gasteiger partial charge in [0.05, 0.1) is 15.1 Å². The van der Waals surface area contributed by atoms with Gasteiger partial charge < -0.3 is 11.1 Å². The fourth-order valence-electron chi connectivity index (χ4n) is 2.20. The smallest absolute Gasteiger partial charge is 0.261 e. The van der Waals surface area contributed by atoms with Crippen molar-refractivity contribution in [2.24, 2.45) is 5.73 Å². The number of rotatable bonds is 4. The Bertz CT molecular complexity index is 831. The summed E-state index contributed by atoms with van der Waals surface area (Å²) in [7, 11) is 0. The molecule has 0 bridgehead atoms. The highest BCUT2D eigenvalue weighted by Gasteiger charge is 2.11. The highest BCUT2D eigenvalue weighted by Crippen LogP contribution is 2.25. The van der Waals surface area contributed by atoms with Crippen molar-refractivity contribution in [2.45, 2.75) is 13.1 Å². The number of hydrogen-bond donors (Lipinski definition) is 2. The number of carbonyl (C=O) groups excluding carboxylic acids is 1. The van der Waals surface area contributed by atoms with E-state index in [0.717, 1.165) is 21.3 Å². The van der Waals surface area contributed by atoms with Gasteiger partial charge in [0, 0.05) is 13.1 Å². The lowest BCUT2D eigenvalue weighted by Crippen LogP contribution is -2.22. The molecule has 6 heteroatoms. The van der Waals surface area contributed by atoms with E-state index in [-0.39, 0.29) is 5.91 Å². The first-order valence-corrected chi connectivity index (χ1v) is 7.98. The summed E-state index contributed by atoms with van der Waals surface area (Å²) in [6.45, 7) is 0.909. The maximum Gasteiger partial charge on any atom is 0.261 e. The summed E-state index contributed by atoms with van der Waals surface area (Å²) in [6, 6.07) is 13.2. The molecule has 3 rings (SSSR count). The molecule has 1 amide bonds. The van der Waals surface area contributed by atoms with Gasteiger partial charge in [0.15, 0.2) is 0 Å². The van der Waals surface area contributed by atoms with E-state index in [2.05, 4.69) is 10.3 Å². The second-order valence-corrected chi connectivity index (χ2v) is 6.25. The normalized spacial score (nSPS) is 10.8. The van der Waals surface area contributed by atoms with Gasteiger partial charge >= 0.3 is 0 Å². The van der Waals surface area contributed by atoms with Crippen LogP contribution in [0.4, 0.5) is 0 Å². The molecule has 0 fully saturated rings. The van der Waals surface area contributed by atoms with Gasteiger partial charge in [-0.25, -0.2) is 4.98 Å². The molecule has 0 radical (unpaired) electrons. The van der Waals surface area contributed by atoms with Gasteiger partial charge in [-0.1, -0.05) is 35.9 Å². The second-order valence-electron chi connectivity index (χ2n) is 4.78. The van der Waals surface area contributed by atoms with Crippen molar-refractivity contribution in [1.82, 2.24) is 10.3 Å². The molecule has 0 aliphatic heterocycles. The molecule has 3 N–H and O–H groups in total. The van der Waals surface area contributed by atoms with Crippen LogP contribution in [0.25, 0.3) is 10.2 Å². The number of fused-ring (bicyclic) bond motifs is 1. The molecular weight excluding hydrogens is 318 g/mol.